The normalized spacial score (nSPS) is 21.2. The van der Waals surface area contributed by atoms with Crippen LogP contribution in [0.25, 0.3) is 0 Å². The van der Waals surface area contributed by atoms with Crippen molar-refractivity contribution in [2.24, 2.45) is 5.92 Å². The lowest BCUT2D eigenvalue weighted by atomic mass is 9.89. The first-order chi connectivity index (χ1) is 6.38. The summed E-state index contributed by atoms with van der Waals surface area (Å²) in [6.07, 6.45) is 10.6. The van der Waals surface area contributed by atoms with Crippen molar-refractivity contribution in [2.45, 2.75) is 33.1 Å². The average molecular weight is 179 g/mol. The van der Waals surface area contributed by atoms with Crippen LogP contribution in [-0.2, 0) is 0 Å². The maximum absolute atomic E-state index is 3.40. The summed E-state index contributed by atoms with van der Waals surface area (Å²) in [5.74, 6) is 0.803. The lowest BCUT2D eigenvalue weighted by molar-refractivity contribution is 0.424. The van der Waals surface area contributed by atoms with E-state index in [1.165, 1.54) is 25.9 Å². The molecule has 0 aromatic heterocycles. The predicted octanol–water partition coefficient (Wildman–Crippen LogP) is 2.90. The van der Waals surface area contributed by atoms with Gasteiger partial charge >= 0.3 is 0 Å². The SMILES string of the molecule is C/C=C\C(=C/CC)C1CCNCC1. The highest BCUT2D eigenvalue weighted by atomic mass is 14.9. The molecule has 0 bridgehead atoms. The molecule has 0 atom stereocenters. The molecule has 1 aliphatic rings. The summed E-state index contributed by atoms with van der Waals surface area (Å²) in [4.78, 5) is 0. The van der Waals surface area contributed by atoms with Crippen LogP contribution in [0.2, 0.25) is 0 Å². The molecule has 0 aromatic carbocycles. The molecule has 0 aliphatic carbocycles. The highest BCUT2D eigenvalue weighted by Gasteiger charge is 2.14. The van der Waals surface area contributed by atoms with Crippen LogP contribution in [0.4, 0.5) is 0 Å². The molecule has 0 radical (unpaired) electrons. The van der Waals surface area contributed by atoms with Gasteiger partial charge in [-0.3, -0.25) is 0 Å². The third-order valence-electron chi connectivity index (χ3n) is 2.61. The van der Waals surface area contributed by atoms with E-state index >= 15 is 0 Å². The number of hydrogen-bond donors (Lipinski definition) is 1. The van der Waals surface area contributed by atoms with Gasteiger partial charge in [-0.15, -0.1) is 0 Å². The molecule has 0 unspecified atom stereocenters. The molecule has 1 N–H and O–H groups in total. The van der Waals surface area contributed by atoms with Gasteiger partial charge in [0.25, 0.3) is 0 Å². The van der Waals surface area contributed by atoms with Gasteiger partial charge in [0.2, 0.25) is 0 Å². The smallest absolute Gasteiger partial charge is 0.00431 e. The molecule has 0 aromatic rings. The molecule has 0 spiro atoms. The van der Waals surface area contributed by atoms with Crippen LogP contribution < -0.4 is 5.32 Å². The fraction of sp³-hybridized carbons (Fsp3) is 0.667. The van der Waals surface area contributed by atoms with E-state index in [2.05, 4.69) is 37.4 Å². The molecule has 1 fully saturated rings. The number of rotatable bonds is 3. The summed E-state index contributed by atoms with van der Waals surface area (Å²) in [6, 6.07) is 0. The standard InChI is InChI=1S/C12H21N/c1-3-5-11(6-4-2)12-7-9-13-10-8-12/h3,5-6,12-13H,4,7-10H2,1-2H3/b5-3-,11-6+. The van der Waals surface area contributed by atoms with Crippen molar-refractivity contribution in [1.29, 1.82) is 0 Å². The Kier molecular flexibility index (Phi) is 4.84. The van der Waals surface area contributed by atoms with E-state index in [0.29, 0.717) is 0 Å². The van der Waals surface area contributed by atoms with Gasteiger partial charge in [0.05, 0.1) is 0 Å². The maximum atomic E-state index is 3.40. The third-order valence-corrected chi connectivity index (χ3v) is 2.61. The van der Waals surface area contributed by atoms with Crippen LogP contribution in [-0.4, -0.2) is 13.1 Å². The van der Waals surface area contributed by atoms with Gasteiger partial charge in [-0.05, 0) is 50.8 Å². The van der Waals surface area contributed by atoms with Crippen LogP contribution in [0.15, 0.2) is 23.8 Å². The first kappa shape index (κ1) is 10.5. The van der Waals surface area contributed by atoms with Crippen molar-refractivity contribution in [2.75, 3.05) is 13.1 Å². The zero-order valence-corrected chi connectivity index (χ0v) is 8.84. The Morgan fingerprint density at radius 1 is 1.38 bits per heavy atom. The molecule has 1 saturated heterocycles. The van der Waals surface area contributed by atoms with Gasteiger partial charge in [0, 0.05) is 0 Å². The van der Waals surface area contributed by atoms with Gasteiger partial charge in [0.15, 0.2) is 0 Å². The Morgan fingerprint density at radius 3 is 2.62 bits per heavy atom. The van der Waals surface area contributed by atoms with Gasteiger partial charge in [-0.25, -0.2) is 0 Å². The van der Waals surface area contributed by atoms with E-state index in [1.807, 2.05) is 0 Å². The second-order valence-electron chi connectivity index (χ2n) is 3.64. The van der Waals surface area contributed by atoms with E-state index < -0.39 is 0 Å². The van der Waals surface area contributed by atoms with Crippen LogP contribution in [0.5, 0.6) is 0 Å². The number of nitrogens with one attached hydrogen (secondary N) is 1. The second kappa shape index (κ2) is 5.98. The molecule has 13 heavy (non-hydrogen) atoms. The molecule has 74 valence electrons. The topological polar surface area (TPSA) is 12.0 Å². The first-order valence-corrected chi connectivity index (χ1v) is 5.42. The number of hydrogen-bond acceptors (Lipinski definition) is 1. The zero-order chi connectivity index (χ0) is 9.52. The van der Waals surface area contributed by atoms with E-state index in [0.717, 1.165) is 12.3 Å². The highest BCUT2D eigenvalue weighted by Crippen LogP contribution is 2.22. The molecule has 1 heterocycles. The lowest BCUT2D eigenvalue weighted by Crippen LogP contribution is -2.28. The summed E-state index contributed by atoms with van der Waals surface area (Å²) in [5.41, 5.74) is 1.55. The highest BCUT2D eigenvalue weighted by molar-refractivity contribution is 5.21. The van der Waals surface area contributed by atoms with E-state index in [-0.39, 0.29) is 0 Å². The van der Waals surface area contributed by atoms with Crippen LogP contribution in [0.3, 0.4) is 0 Å². The fourth-order valence-electron chi connectivity index (χ4n) is 1.95. The minimum atomic E-state index is 0.803. The Morgan fingerprint density at radius 2 is 2.08 bits per heavy atom. The quantitative estimate of drug-likeness (QED) is 0.657. The molecule has 1 heteroatoms. The van der Waals surface area contributed by atoms with Crippen LogP contribution in [0.1, 0.15) is 33.1 Å². The largest absolute Gasteiger partial charge is 0.317 e. The molecular weight excluding hydrogens is 158 g/mol. The predicted molar refractivity (Wildman–Crippen MR) is 58.8 cm³/mol. The van der Waals surface area contributed by atoms with Crippen LogP contribution >= 0.6 is 0 Å². The average Bonchev–Trinajstić information content (AvgIpc) is 2.19. The fourth-order valence-corrected chi connectivity index (χ4v) is 1.95. The molecule has 1 rings (SSSR count). The Labute approximate surface area is 81.9 Å². The Balaban J connectivity index is 2.57. The number of piperidine rings is 1. The Hall–Kier alpha value is -0.560. The number of allylic oxidation sites excluding steroid dienone is 4. The van der Waals surface area contributed by atoms with E-state index in [9.17, 15) is 0 Å². The van der Waals surface area contributed by atoms with Crippen molar-refractivity contribution in [1.82, 2.24) is 5.32 Å². The van der Waals surface area contributed by atoms with Crippen molar-refractivity contribution in [3.8, 4) is 0 Å². The minimum absolute atomic E-state index is 0.803. The molecule has 0 saturated carbocycles. The van der Waals surface area contributed by atoms with Crippen molar-refractivity contribution in [3.05, 3.63) is 23.8 Å². The van der Waals surface area contributed by atoms with Gasteiger partial charge in [0.1, 0.15) is 0 Å². The van der Waals surface area contributed by atoms with E-state index in [1.54, 1.807) is 5.57 Å². The Bertz CT molecular complexity index is 185. The van der Waals surface area contributed by atoms with Crippen molar-refractivity contribution < 1.29 is 0 Å². The lowest BCUT2D eigenvalue weighted by Gasteiger charge is -2.23. The molecule has 0 amide bonds. The maximum Gasteiger partial charge on any atom is -0.00431 e. The molecule has 1 aliphatic heterocycles. The van der Waals surface area contributed by atoms with Gasteiger partial charge in [-0.1, -0.05) is 25.2 Å². The molecule has 1 nitrogen and oxygen atoms in total. The zero-order valence-electron chi connectivity index (χ0n) is 8.84. The monoisotopic (exact) mass is 179 g/mol. The summed E-state index contributed by atoms with van der Waals surface area (Å²) in [6.45, 7) is 6.68. The summed E-state index contributed by atoms with van der Waals surface area (Å²) in [5, 5.41) is 3.40. The molecular formula is C12H21N. The second-order valence-corrected chi connectivity index (χ2v) is 3.64. The van der Waals surface area contributed by atoms with Crippen molar-refractivity contribution >= 4 is 0 Å². The summed E-state index contributed by atoms with van der Waals surface area (Å²) < 4.78 is 0. The van der Waals surface area contributed by atoms with Gasteiger partial charge in [-0.2, -0.15) is 0 Å². The first-order valence-electron chi connectivity index (χ1n) is 5.42. The summed E-state index contributed by atoms with van der Waals surface area (Å²) in [7, 11) is 0. The van der Waals surface area contributed by atoms with Crippen LogP contribution in [0, 0.1) is 5.92 Å². The van der Waals surface area contributed by atoms with Gasteiger partial charge < -0.3 is 5.32 Å². The van der Waals surface area contributed by atoms with E-state index in [4.69, 9.17) is 0 Å². The third kappa shape index (κ3) is 3.35. The minimum Gasteiger partial charge on any atom is -0.317 e. The summed E-state index contributed by atoms with van der Waals surface area (Å²) >= 11 is 0. The van der Waals surface area contributed by atoms with Crippen molar-refractivity contribution in [3.63, 3.8) is 0 Å².